The van der Waals surface area contributed by atoms with Crippen LogP contribution in [0.1, 0.15) is 13.3 Å². The summed E-state index contributed by atoms with van der Waals surface area (Å²) in [6.07, 6.45) is 0.544. The lowest BCUT2D eigenvalue weighted by molar-refractivity contribution is -0.148. The standard InChI is InChI=1S/C7H11NO3/c1-4-5(7(10)11)2-3-8-6(4)9/h4-5H,2-3H2,1H3,(H,8,9)(H,10,11)/t4-,5-/m0/s1. The molecular formula is C7H11NO3. The highest BCUT2D eigenvalue weighted by molar-refractivity contribution is 5.85. The van der Waals surface area contributed by atoms with Gasteiger partial charge in [0.1, 0.15) is 0 Å². The SMILES string of the molecule is C[C@@H]1C(=O)NCC[C@@H]1C(=O)O. The fraction of sp³-hybridized carbons (Fsp3) is 0.714. The number of hydrogen-bond acceptors (Lipinski definition) is 2. The molecule has 11 heavy (non-hydrogen) atoms. The van der Waals surface area contributed by atoms with Gasteiger partial charge in [0.05, 0.1) is 5.92 Å². The minimum absolute atomic E-state index is 0.149. The quantitative estimate of drug-likeness (QED) is 0.556. The van der Waals surface area contributed by atoms with Gasteiger partial charge in [-0.05, 0) is 6.42 Å². The van der Waals surface area contributed by atoms with Gasteiger partial charge in [-0.1, -0.05) is 6.92 Å². The molecule has 0 radical (unpaired) electrons. The smallest absolute Gasteiger partial charge is 0.307 e. The first-order valence-electron chi connectivity index (χ1n) is 3.63. The van der Waals surface area contributed by atoms with Crippen molar-refractivity contribution in [2.75, 3.05) is 6.54 Å². The molecule has 1 rings (SSSR count). The second-order valence-corrected chi connectivity index (χ2v) is 2.81. The van der Waals surface area contributed by atoms with E-state index in [1.54, 1.807) is 6.92 Å². The summed E-state index contributed by atoms with van der Waals surface area (Å²) in [5.41, 5.74) is 0. The van der Waals surface area contributed by atoms with Gasteiger partial charge in [0, 0.05) is 12.5 Å². The first-order valence-corrected chi connectivity index (χ1v) is 3.63. The molecule has 0 unspecified atom stereocenters. The molecule has 4 nitrogen and oxygen atoms in total. The van der Waals surface area contributed by atoms with Gasteiger partial charge in [0.2, 0.25) is 5.91 Å². The van der Waals surface area contributed by atoms with Crippen molar-refractivity contribution in [3.05, 3.63) is 0 Å². The normalized spacial score (nSPS) is 31.2. The Morgan fingerprint density at radius 2 is 2.36 bits per heavy atom. The summed E-state index contributed by atoms with van der Waals surface area (Å²) in [5.74, 6) is -1.90. The summed E-state index contributed by atoms with van der Waals surface area (Å²) < 4.78 is 0. The predicted octanol–water partition coefficient (Wildman–Crippen LogP) is -0.157. The van der Waals surface area contributed by atoms with Crippen LogP contribution in [0.4, 0.5) is 0 Å². The summed E-state index contributed by atoms with van der Waals surface area (Å²) in [7, 11) is 0. The Labute approximate surface area is 64.6 Å². The van der Waals surface area contributed by atoms with E-state index in [1.165, 1.54) is 0 Å². The van der Waals surface area contributed by atoms with Crippen LogP contribution in [0.2, 0.25) is 0 Å². The molecule has 0 aliphatic carbocycles. The lowest BCUT2D eigenvalue weighted by Gasteiger charge is -2.24. The van der Waals surface area contributed by atoms with Gasteiger partial charge in [-0.15, -0.1) is 0 Å². The zero-order valence-electron chi connectivity index (χ0n) is 6.33. The van der Waals surface area contributed by atoms with Gasteiger partial charge in [0.25, 0.3) is 0 Å². The maximum atomic E-state index is 10.9. The number of carbonyl (C=O) groups excluding carboxylic acids is 1. The third kappa shape index (κ3) is 1.50. The minimum Gasteiger partial charge on any atom is -0.481 e. The number of amides is 1. The summed E-state index contributed by atoms with van der Waals surface area (Å²) in [6.45, 7) is 2.13. The van der Waals surface area contributed by atoms with Crippen LogP contribution >= 0.6 is 0 Å². The van der Waals surface area contributed by atoms with Crippen LogP contribution in [0, 0.1) is 11.8 Å². The Kier molecular flexibility index (Phi) is 2.12. The molecule has 2 atom stereocenters. The number of aliphatic carboxylic acids is 1. The molecule has 1 fully saturated rings. The largest absolute Gasteiger partial charge is 0.481 e. The maximum absolute atomic E-state index is 10.9. The van der Waals surface area contributed by atoms with E-state index in [4.69, 9.17) is 5.11 Å². The van der Waals surface area contributed by atoms with Crippen LogP contribution in [-0.2, 0) is 9.59 Å². The van der Waals surface area contributed by atoms with Crippen LogP contribution in [0.25, 0.3) is 0 Å². The average Bonchev–Trinajstić information content (AvgIpc) is 1.94. The topological polar surface area (TPSA) is 66.4 Å². The van der Waals surface area contributed by atoms with Gasteiger partial charge >= 0.3 is 5.97 Å². The second kappa shape index (κ2) is 2.90. The van der Waals surface area contributed by atoms with E-state index < -0.39 is 11.9 Å². The number of hydrogen-bond donors (Lipinski definition) is 2. The van der Waals surface area contributed by atoms with Gasteiger partial charge in [-0.2, -0.15) is 0 Å². The van der Waals surface area contributed by atoms with E-state index in [2.05, 4.69) is 5.32 Å². The summed E-state index contributed by atoms with van der Waals surface area (Å²) >= 11 is 0. The number of carboxylic acid groups (broad SMARTS) is 1. The molecule has 0 aromatic carbocycles. The second-order valence-electron chi connectivity index (χ2n) is 2.81. The predicted molar refractivity (Wildman–Crippen MR) is 37.9 cm³/mol. The van der Waals surface area contributed by atoms with E-state index in [0.29, 0.717) is 13.0 Å². The van der Waals surface area contributed by atoms with Crippen molar-refractivity contribution in [3.8, 4) is 0 Å². The Hall–Kier alpha value is -1.06. The van der Waals surface area contributed by atoms with Gasteiger partial charge < -0.3 is 10.4 Å². The fourth-order valence-electron chi connectivity index (χ4n) is 1.28. The lowest BCUT2D eigenvalue weighted by Crippen LogP contribution is -2.43. The Morgan fingerprint density at radius 1 is 1.73 bits per heavy atom. The van der Waals surface area contributed by atoms with Crippen molar-refractivity contribution < 1.29 is 14.7 Å². The number of piperidine rings is 1. The molecule has 2 N–H and O–H groups in total. The van der Waals surface area contributed by atoms with Crippen molar-refractivity contribution >= 4 is 11.9 Å². The van der Waals surface area contributed by atoms with E-state index in [0.717, 1.165) is 0 Å². The highest BCUT2D eigenvalue weighted by Gasteiger charge is 2.32. The third-order valence-electron chi connectivity index (χ3n) is 2.09. The molecule has 1 saturated heterocycles. The Balaban J connectivity index is 2.65. The molecule has 1 aliphatic rings. The van der Waals surface area contributed by atoms with Crippen molar-refractivity contribution in [2.45, 2.75) is 13.3 Å². The van der Waals surface area contributed by atoms with Crippen molar-refractivity contribution in [1.82, 2.24) is 5.32 Å². The number of rotatable bonds is 1. The van der Waals surface area contributed by atoms with Crippen LogP contribution in [0.3, 0.4) is 0 Å². The summed E-state index contributed by atoms with van der Waals surface area (Å²) in [6, 6.07) is 0. The molecular weight excluding hydrogens is 146 g/mol. The molecule has 0 bridgehead atoms. The van der Waals surface area contributed by atoms with Crippen LogP contribution in [0.15, 0.2) is 0 Å². The van der Waals surface area contributed by atoms with Crippen molar-refractivity contribution in [2.24, 2.45) is 11.8 Å². The van der Waals surface area contributed by atoms with Crippen molar-refractivity contribution in [1.29, 1.82) is 0 Å². The minimum atomic E-state index is -0.868. The maximum Gasteiger partial charge on any atom is 0.307 e. The fourth-order valence-corrected chi connectivity index (χ4v) is 1.28. The van der Waals surface area contributed by atoms with Crippen LogP contribution in [0.5, 0.6) is 0 Å². The first-order chi connectivity index (χ1) is 5.13. The van der Waals surface area contributed by atoms with Gasteiger partial charge in [0.15, 0.2) is 0 Å². The van der Waals surface area contributed by atoms with Crippen molar-refractivity contribution in [3.63, 3.8) is 0 Å². The van der Waals surface area contributed by atoms with Crippen LogP contribution in [-0.4, -0.2) is 23.5 Å². The van der Waals surface area contributed by atoms with Crippen LogP contribution < -0.4 is 5.32 Å². The van der Waals surface area contributed by atoms with Gasteiger partial charge in [-0.25, -0.2) is 0 Å². The van der Waals surface area contributed by atoms with E-state index in [1.807, 2.05) is 0 Å². The zero-order chi connectivity index (χ0) is 8.43. The Bertz CT molecular complexity index is 190. The number of carbonyl (C=O) groups is 2. The van der Waals surface area contributed by atoms with Gasteiger partial charge in [-0.3, -0.25) is 9.59 Å². The number of carboxylic acids is 1. The third-order valence-corrected chi connectivity index (χ3v) is 2.09. The zero-order valence-corrected chi connectivity index (χ0v) is 6.33. The first kappa shape index (κ1) is 8.04. The highest BCUT2D eigenvalue weighted by Crippen LogP contribution is 2.19. The number of nitrogens with one attached hydrogen (secondary N) is 1. The lowest BCUT2D eigenvalue weighted by atomic mass is 9.87. The van der Waals surface area contributed by atoms with E-state index >= 15 is 0 Å². The molecule has 1 amide bonds. The van der Waals surface area contributed by atoms with E-state index in [9.17, 15) is 9.59 Å². The summed E-state index contributed by atoms with van der Waals surface area (Å²) in [5, 5.41) is 11.3. The average molecular weight is 157 g/mol. The summed E-state index contributed by atoms with van der Waals surface area (Å²) in [4.78, 5) is 21.5. The Morgan fingerprint density at radius 3 is 2.82 bits per heavy atom. The van der Waals surface area contributed by atoms with E-state index in [-0.39, 0.29) is 11.8 Å². The highest BCUT2D eigenvalue weighted by atomic mass is 16.4. The molecule has 0 spiro atoms. The molecule has 1 heterocycles. The monoisotopic (exact) mass is 157 g/mol. The molecule has 62 valence electrons. The molecule has 1 aliphatic heterocycles. The molecule has 0 aromatic heterocycles. The molecule has 0 aromatic rings. The molecule has 0 saturated carbocycles. The molecule has 4 heteroatoms.